The smallest absolute Gasteiger partial charge is 0.241 e. The Labute approximate surface area is 128 Å². The Hall–Kier alpha value is -2.88. The number of nitrogens with zero attached hydrogens (tertiary/aromatic N) is 1. The summed E-state index contributed by atoms with van der Waals surface area (Å²) in [5.41, 5.74) is 3.75. The van der Waals surface area contributed by atoms with Gasteiger partial charge < -0.3 is 4.74 Å². The van der Waals surface area contributed by atoms with Crippen molar-refractivity contribution in [1.82, 2.24) is 10.2 Å². The highest BCUT2D eigenvalue weighted by Crippen LogP contribution is 2.32. The van der Waals surface area contributed by atoms with E-state index in [1.165, 1.54) is 0 Å². The number of aromatic nitrogens is 2. The molecule has 3 aromatic rings. The second-order valence-corrected chi connectivity index (χ2v) is 5.04. The first-order valence-electron chi connectivity index (χ1n) is 7.00. The number of aromatic amines is 1. The molecule has 0 atom stereocenters. The third-order valence-corrected chi connectivity index (χ3v) is 3.53. The van der Waals surface area contributed by atoms with Gasteiger partial charge in [-0.25, -0.2) is 0 Å². The predicted octanol–water partition coefficient (Wildman–Crippen LogP) is 3.62. The molecule has 1 N–H and O–H groups in total. The third kappa shape index (κ3) is 2.51. The van der Waals surface area contributed by atoms with Crippen LogP contribution in [-0.2, 0) is 0 Å². The van der Waals surface area contributed by atoms with Gasteiger partial charge in [-0.3, -0.25) is 9.89 Å². The number of hydrogen-bond acceptors (Lipinski definition) is 3. The maximum absolute atomic E-state index is 12.8. The Morgan fingerprint density at radius 1 is 1.05 bits per heavy atom. The zero-order valence-corrected chi connectivity index (χ0v) is 12.5. The van der Waals surface area contributed by atoms with Crippen molar-refractivity contribution in [2.45, 2.75) is 6.92 Å². The van der Waals surface area contributed by atoms with Crippen LogP contribution in [0.25, 0.3) is 11.1 Å². The second-order valence-electron chi connectivity index (χ2n) is 5.04. The maximum atomic E-state index is 12.8. The quantitative estimate of drug-likeness (QED) is 0.747. The highest BCUT2D eigenvalue weighted by atomic mass is 16.5. The Balaban J connectivity index is 2.10. The van der Waals surface area contributed by atoms with E-state index in [1.54, 1.807) is 7.11 Å². The Morgan fingerprint density at radius 2 is 1.73 bits per heavy atom. The molecule has 0 unspecified atom stereocenters. The van der Waals surface area contributed by atoms with Gasteiger partial charge in [0.1, 0.15) is 5.69 Å². The topological polar surface area (TPSA) is 55.0 Å². The molecule has 0 spiro atoms. The number of ketones is 1. The minimum Gasteiger partial charge on any atom is -0.479 e. The number of benzene rings is 2. The van der Waals surface area contributed by atoms with Crippen LogP contribution in [0.4, 0.5) is 0 Å². The van der Waals surface area contributed by atoms with Gasteiger partial charge in [-0.1, -0.05) is 60.2 Å². The molecule has 0 aliphatic heterocycles. The summed E-state index contributed by atoms with van der Waals surface area (Å²) in [7, 11) is 1.54. The van der Waals surface area contributed by atoms with E-state index in [-0.39, 0.29) is 5.78 Å². The summed E-state index contributed by atoms with van der Waals surface area (Å²) in [5.74, 6) is 0.316. The van der Waals surface area contributed by atoms with Crippen LogP contribution in [-0.4, -0.2) is 23.1 Å². The first-order valence-corrected chi connectivity index (χ1v) is 7.00. The van der Waals surface area contributed by atoms with Gasteiger partial charge in [0, 0.05) is 5.56 Å². The molecule has 0 radical (unpaired) electrons. The molecule has 3 rings (SSSR count). The number of H-pyrrole nitrogens is 1. The van der Waals surface area contributed by atoms with Gasteiger partial charge in [0.2, 0.25) is 11.7 Å². The maximum Gasteiger partial charge on any atom is 0.241 e. The molecule has 4 nitrogen and oxygen atoms in total. The number of carbonyl (C=O) groups excluding carboxylic acids is 1. The number of ether oxygens (including phenoxy) is 1. The van der Waals surface area contributed by atoms with Crippen LogP contribution in [0.2, 0.25) is 0 Å². The summed E-state index contributed by atoms with van der Waals surface area (Å²) < 4.78 is 5.29. The van der Waals surface area contributed by atoms with Crippen molar-refractivity contribution in [3.8, 4) is 17.0 Å². The number of hydrogen-bond donors (Lipinski definition) is 1. The number of nitrogens with one attached hydrogen (secondary N) is 1. The van der Waals surface area contributed by atoms with Crippen molar-refractivity contribution in [1.29, 1.82) is 0 Å². The van der Waals surface area contributed by atoms with E-state index < -0.39 is 0 Å². The van der Waals surface area contributed by atoms with E-state index in [1.807, 2.05) is 61.5 Å². The van der Waals surface area contributed by atoms with E-state index in [9.17, 15) is 4.79 Å². The van der Waals surface area contributed by atoms with Crippen LogP contribution in [0.15, 0.2) is 54.6 Å². The van der Waals surface area contributed by atoms with Crippen LogP contribution in [0.3, 0.4) is 0 Å². The zero-order valence-electron chi connectivity index (χ0n) is 12.5. The van der Waals surface area contributed by atoms with Gasteiger partial charge in [0.15, 0.2) is 0 Å². The second kappa shape index (κ2) is 5.85. The molecule has 0 amide bonds. The molecule has 4 heteroatoms. The number of rotatable bonds is 4. The van der Waals surface area contributed by atoms with Gasteiger partial charge >= 0.3 is 0 Å². The molecule has 0 saturated heterocycles. The fourth-order valence-corrected chi connectivity index (χ4v) is 2.36. The minimum atomic E-state index is -0.102. The Kier molecular flexibility index (Phi) is 3.74. The molecule has 110 valence electrons. The average Bonchev–Trinajstić information content (AvgIpc) is 2.99. The fourth-order valence-electron chi connectivity index (χ4n) is 2.36. The zero-order chi connectivity index (χ0) is 15.5. The van der Waals surface area contributed by atoms with E-state index in [0.717, 1.165) is 11.1 Å². The van der Waals surface area contributed by atoms with Gasteiger partial charge in [-0.2, -0.15) is 0 Å². The summed E-state index contributed by atoms with van der Waals surface area (Å²) in [5, 5.41) is 6.92. The molecule has 0 aliphatic rings. The van der Waals surface area contributed by atoms with Crippen LogP contribution in [0.5, 0.6) is 5.88 Å². The molecule has 1 heterocycles. The van der Waals surface area contributed by atoms with Crippen LogP contribution in [0, 0.1) is 6.92 Å². The summed E-state index contributed by atoms with van der Waals surface area (Å²) in [6, 6.07) is 17.1. The summed E-state index contributed by atoms with van der Waals surface area (Å²) in [4.78, 5) is 12.8. The van der Waals surface area contributed by atoms with Gasteiger partial charge in [-0.05, 0) is 12.5 Å². The average molecular weight is 292 g/mol. The van der Waals surface area contributed by atoms with E-state index in [0.29, 0.717) is 22.7 Å². The number of methoxy groups -OCH3 is 1. The first kappa shape index (κ1) is 14.1. The van der Waals surface area contributed by atoms with Gasteiger partial charge in [0.05, 0.1) is 12.7 Å². The van der Waals surface area contributed by atoms with Crippen molar-refractivity contribution in [2.75, 3.05) is 7.11 Å². The standard InChI is InChI=1S/C18H16N2O2/c1-12-8-10-14(11-9-12)17(21)16-15(18(22-2)20-19-16)13-6-4-3-5-7-13/h3-11H,1-2H3,(H,19,20). The fraction of sp³-hybridized carbons (Fsp3) is 0.111. The lowest BCUT2D eigenvalue weighted by molar-refractivity contribution is 0.103. The minimum absolute atomic E-state index is 0.102. The summed E-state index contributed by atoms with van der Waals surface area (Å²) >= 11 is 0. The largest absolute Gasteiger partial charge is 0.479 e. The van der Waals surface area contributed by atoms with E-state index in [4.69, 9.17) is 4.74 Å². The molecule has 2 aromatic carbocycles. The molecule has 0 aliphatic carbocycles. The molecular weight excluding hydrogens is 276 g/mol. The summed E-state index contributed by atoms with van der Waals surface area (Å²) in [6.07, 6.45) is 0. The molecule has 0 saturated carbocycles. The monoisotopic (exact) mass is 292 g/mol. The first-order chi connectivity index (χ1) is 10.7. The van der Waals surface area contributed by atoms with E-state index >= 15 is 0 Å². The number of aryl methyl sites for hydroxylation is 1. The van der Waals surface area contributed by atoms with Crippen molar-refractivity contribution in [2.24, 2.45) is 0 Å². The molecular formula is C18H16N2O2. The highest BCUT2D eigenvalue weighted by molar-refractivity contribution is 6.12. The number of carbonyl (C=O) groups is 1. The predicted molar refractivity (Wildman–Crippen MR) is 85.2 cm³/mol. The SMILES string of the molecule is COc1n[nH]c(C(=O)c2ccc(C)cc2)c1-c1ccccc1. The van der Waals surface area contributed by atoms with E-state index in [2.05, 4.69) is 10.2 Å². The normalized spacial score (nSPS) is 10.5. The molecule has 0 bridgehead atoms. The highest BCUT2D eigenvalue weighted by Gasteiger charge is 2.22. The van der Waals surface area contributed by atoms with Crippen LogP contribution >= 0.6 is 0 Å². The lowest BCUT2D eigenvalue weighted by atomic mass is 9.99. The van der Waals surface area contributed by atoms with Crippen molar-refractivity contribution in [3.05, 3.63) is 71.4 Å². The molecule has 22 heavy (non-hydrogen) atoms. The molecule has 0 fully saturated rings. The lowest BCUT2D eigenvalue weighted by Gasteiger charge is -2.05. The van der Waals surface area contributed by atoms with Crippen LogP contribution < -0.4 is 4.74 Å². The Morgan fingerprint density at radius 3 is 2.36 bits per heavy atom. The van der Waals surface area contributed by atoms with Crippen LogP contribution in [0.1, 0.15) is 21.6 Å². The van der Waals surface area contributed by atoms with Crippen molar-refractivity contribution in [3.63, 3.8) is 0 Å². The Bertz CT molecular complexity index is 790. The van der Waals surface area contributed by atoms with Crippen molar-refractivity contribution < 1.29 is 9.53 Å². The van der Waals surface area contributed by atoms with Gasteiger partial charge in [-0.15, -0.1) is 5.10 Å². The molecule has 1 aromatic heterocycles. The third-order valence-electron chi connectivity index (χ3n) is 3.53. The summed E-state index contributed by atoms with van der Waals surface area (Å²) in [6.45, 7) is 1.99. The van der Waals surface area contributed by atoms with Crippen molar-refractivity contribution >= 4 is 5.78 Å². The lowest BCUT2D eigenvalue weighted by Crippen LogP contribution is -2.04. The van der Waals surface area contributed by atoms with Gasteiger partial charge in [0.25, 0.3) is 0 Å².